The number of nitrogens with zero attached hydrogens (tertiary/aromatic N) is 1. The van der Waals surface area contributed by atoms with Crippen LogP contribution in [0.4, 0.5) is 5.69 Å². The Kier molecular flexibility index (Phi) is 7.13. The van der Waals surface area contributed by atoms with E-state index in [1.165, 1.54) is 7.11 Å². The molecule has 1 heterocycles. The van der Waals surface area contributed by atoms with Gasteiger partial charge in [0, 0.05) is 24.2 Å². The van der Waals surface area contributed by atoms with Gasteiger partial charge in [0.05, 0.1) is 13.7 Å². The Labute approximate surface area is 151 Å². The molecule has 0 saturated carbocycles. The standard InChI is InChI=1S/C18H23N3O5/c1-26-17(24)11-19-18(25)13-6-8-14(9-7-13)20-15(22)12-21-10-4-2-3-5-16(21)23/h6-9H,2-5,10-12H2,1H3,(H,19,25)(H,20,22). The van der Waals surface area contributed by atoms with Gasteiger partial charge in [-0.05, 0) is 37.1 Å². The molecule has 0 atom stereocenters. The second kappa shape index (κ2) is 9.55. The van der Waals surface area contributed by atoms with Crippen LogP contribution in [-0.4, -0.2) is 55.3 Å². The van der Waals surface area contributed by atoms with E-state index in [4.69, 9.17) is 0 Å². The van der Waals surface area contributed by atoms with Gasteiger partial charge in [0.1, 0.15) is 6.54 Å². The maximum absolute atomic E-state index is 12.1. The van der Waals surface area contributed by atoms with Crippen molar-refractivity contribution in [1.29, 1.82) is 0 Å². The van der Waals surface area contributed by atoms with E-state index in [0.29, 0.717) is 24.2 Å². The molecule has 0 spiro atoms. The number of carbonyl (C=O) groups excluding carboxylic acids is 4. The first kappa shape index (κ1) is 19.4. The maximum atomic E-state index is 12.1. The van der Waals surface area contributed by atoms with Crippen molar-refractivity contribution in [2.24, 2.45) is 0 Å². The molecule has 2 N–H and O–H groups in total. The van der Waals surface area contributed by atoms with Gasteiger partial charge >= 0.3 is 5.97 Å². The highest BCUT2D eigenvalue weighted by Crippen LogP contribution is 2.12. The Bertz CT molecular complexity index is 672. The Morgan fingerprint density at radius 1 is 1.12 bits per heavy atom. The molecule has 8 heteroatoms. The summed E-state index contributed by atoms with van der Waals surface area (Å²) in [5, 5.41) is 5.15. The second-order valence-electron chi connectivity index (χ2n) is 6.01. The molecular weight excluding hydrogens is 338 g/mol. The fourth-order valence-corrected chi connectivity index (χ4v) is 2.61. The Morgan fingerprint density at radius 3 is 2.54 bits per heavy atom. The molecule has 0 unspecified atom stereocenters. The van der Waals surface area contributed by atoms with Crippen LogP contribution < -0.4 is 10.6 Å². The molecule has 1 fully saturated rings. The van der Waals surface area contributed by atoms with E-state index in [1.54, 1.807) is 29.2 Å². The summed E-state index contributed by atoms with van der Waals surface area (Å²) in [6, 6.07) is 6.27. The Hall–Kier alpha value is -2.90. The molecule has 1 aliphatic heterocycles. The summed E-state index contributed by atoms with van der Waals surface area (Å²) in [5.74, 6) is -1.22. The van der Waals surface area contributed by atoms with Gasteiger partial charge in [0.2, 0.25) is 11.8 Å². The van der Waals surface area contributed by atoms with Gasteiger partial charge in [-0.25, -0.2) is 0 Å². The third-order valence-corrected chi connectivity index (χ3v) is 4.06. The lowest BCUT2D eigenvalue weighted by Gasteiger charge is -2.19. The van der Waals surface area contributed by atoms with Crippen LogP contribution in [0.1, 0.15) is 36.0 Å². The topological polar surface area (TPSA) is 105 Å². The summed E-state index contributed by atoms with van der Waals surface area (Å²) in [7, 11) is 1.24. The van der Waals surface area contributed by atoms with E-state index < -0.39 is 11.9 Å². The zero-order valence-corrected chi connectivity index (χ0v) is 14.7. The minimum atomic E-state index is -0.537. The van der Waals surface area contributed by atoms with Crippen LogP contribution >= 0.6 is 0 Å². The van der Waals surface area contributed by atoms with E-state index in [0.717, 1.165) is 19.3 Å². The second-order valence-corrected chi connectivity index (χ2v) is 6.01. The molecule has 140 valence electrons. The average Bonchev–Trinajstić information content (AvgIpc) is 2.84. The van der Waals surface area contributed by atoms with E-state index in [9.17, 15) is 19.2 Å². The molecule has 0 radical (unpaired) electrons. The zero-order valence-electron chi connectivity index (χ0n) is 14.7. The summed E-state index contributed by atoms with van der Waals surface area (Å²) < 4.78 is 4.45. The minimum absolute atomic E-state index is 0.00951. The molecule has 0 bridgehead atoms. The largest absolute Gasteiger partial charge is 0.468 e. The van der Waals surface area contributed by atoms with Gasteiger partial charge in [-0.2, -0.15) is 0 Å². The van der Waals surface area contributed by atoms with Gasteiger partial charge in [-0.1, -0.05) is 6.42 Å². The van der Waals surface area contributed by atoms with Crippen LogP contribution in [0.25, 0.3) is 0 Å². The fourth-order valence-electron chi connectivity index (χ4n) is 2.61. The highest BCUT2D eigenvalue weighted by Gasteiger charge is 2.19. The lowest BCUT2D eigenvalue weighted by atomic mass is 10.2. The first-order valence-corrected chi connectivity index (χ1v) is 8.52. The lowest BCUT2D eigenvalue weighted by molar-refractivity contribution is -0.139. The molecule has 1 saturated heterocycles. The average molecular weight is 361 g/mol. The van der Waals surface area contributed by atoms with Crippen LogP contribution in [0.5, 0.6) is 0 Å². The molecular formula is C18H23N3O5. The molecule has 8 nitrogen and oxygen atoms in total. The third-order valence-electron chi connectivity index (χ3n) is 4.06. The van der Waals surface area contributed by atoms with Crippen molar-refractivity contribution in [2.45, 2.75) is 25.7 Å². The van der Waals surface area contributed by atoms with Gasteiger partial charge in [0.25, 0.3) is 5.91 Å². The van der Waals surface area contributed by atoms with Crippen LogP contribution in [-0.2, 0) is 19.1 Å². The number of carbonyl (C=O) groups is 4. The van der Waals surface area contributed by atoms with E-state index in [2.05, 4.69) is 15.4 Å². The van der Waals surface area contributed by atoms with Crippen LogP contribution in [0.3, 0.4) is 0 Å². The Balaban J connectivity index is 1.85. The predicted molar refractivity (Wildman–Crippen MR) is 94.5 cm³/mol. The summed E-state index contributed by atoms with van der Waals surface area (Å²) in [4.78, 5) is 48.5. The van der Waals surface area contributed by atoms with Crippen molar-refractivity contribution in [3.8, 4) is 0 Å². The fraction of sp³-hybridized carbons (Fsp3) is 0.444. The number of likely N-dealkylation sites (tertiary alicyclic amines) is 1. The first-order valence-electron chi connectivity index (χ1n) is 8.52. The first-order chi connectivity index (χ1) is 12.5. The van der Waals surface area contributed by atoms with E-state index >= 15 is 0 Å². The highest BCUT2D eigenvalue weighted by molar-refractivity contribution is 5.97. The number of anilines is 1. The summed E-state index contributed by atoms with van der Waals surface area (Å²) in [6.45, 7) is 0.420. The molecule has 1 aromatic carbocycles. The quantitative estimate of drug-likeness (QED) is 0.734. The molecule has 0 aromatic heterocycles. The monoisotopic (exact) mass is 361 g/mol. The number of benzene rings is 1. The molecule has 1 aromatic rings. The number of nitrogens with one attached hydrogen (secondary N) is 2. The van der Waals surface area contributed by atoms with Gasteiger partial charge < -0.3 is 20.3 Å². The minimum Gasteiger partial charge on any atom is -0.468 e. The number of hydrogen-bond acceptors (Lipinski definition) is 5. The van der Waals surface area contributed by atoms with Crippen molar-refractivity contribution in [2.75, 3.05) is 32.1 Å². The number of amides is 3. The highest BCUT2D eigenvalue weighted by atomic mass is 16.5. The maximum Gasteiger partial charge on any atom is 0.325 e. The molecule has 3 amide bonds. The smallest absolute Gasteiger partial charge is 0.325 e. The predicted octanol–water partition coefficient (Wildman–Crippen LogP) is 0.930. The van der Waals surface area contributed by atoms with Crippen LogP contribution in [0, 0.1) is 0 Å². The van der Waals surface area contributed by atoms with E-state index in [1.807, 2.05) is 0 Å². The molecule has 2 rings (SSSR count). The normalized spacial score (nSPS) is 14.3. The van der Waals surface area contributed by atoms with Gasteiger partial charge in [-0.3, -0.25) is 19.2 Å². The summed E-state index contributed by atoms with van der Waals surface area (Å²) in [5.41, 5.74) is 0.886. The number of rotatable bonds is 6. The zero-order chi connectivity index (χ0) is 18.9. The van der Waals surface area contributed by atoms with Crippen molar-refractivity contribution in [1.82, 2.24) is 10.2 Å². The molecule has 0 aliphatic carbocycles. The van der Waals surface area contributed by atoms with E-state index in [-0.39, 0.29) is 24.9 Å². The number of methoxy groups -OCH3 is 1. The number of hydrogen-bond donors (Lipinski definition) is 2. The van der Waals surface area contributed by atoms with Crippen molar-refractivity contribution in [3.05, 3.63) is 29.8 Å². The number of esters is 1. The summed E-state index contributed by atoms with van der Waals surface area (Å²) in [6.07, 6.45) is 3.27. The number of ether oxygens (including phenoxy) is 1. The molecule has 26 heavy (non-hydrogen) atoms. The van der Waals surface area contributed by atoms with Gasteiger partial charge in [0.15, 0.2) is 0 Å². The Morgan fingerprint density at radius 2 is 1.85 bits per heavy atom. The van der Waals surface area contributed by atoms with Crippen molar-refractivity contribution >= 4 is 29.4 Å². The molecule has 1 aliphatic rings. The van der Waals surface area contributed by atoms with Crippen molar-refractivity contribution in [3.63, 3.8) is 0 Å². The van der Waals surface area contributed by atoms with Gasteiger partial charge in [-0.15, -0.1) is 0 Å². The van der Waals surface area contributed by atoms with Crippen molar-refractivity contribution < 1.29 is 23.9 Å². The SMILES string of the molecule is COC(=O)CNC(=O)c1ccc(NC(=O)CN2CCCCCC2=O)cc1. The summed E-state index contributed by atoms with van der Waals surface area (Å²) >= 11 is 0. The van der Waals surface area contributed by atoms with Crippen LogP contribution in [0.15, 0.2) is 24.3 Å². The lowest BCUT2D eigenvalue weighted by Crippen LogP contribution is -2.37. The third kappa shape index (κ3) is 5.87. The van der Waals surface area contributed by atoms with Crippen LogP contribution in [0.2, 0.25) is 0 Å².